The maximum absolute atomic E-state index is 13.0. The molecule has 0 aliphatic carbocycles. The van der Waals surface area contributed by atoms with E-state index in [0.29, 0.717) is 17.1 Å². The molecule has 1 heterocycles. The van der Waals surface area contributed by atoms with Crippen molar-refractivity contribution in [2.75, 3.05) is 7.11 Å². The van der Waals surface area contributed by atoms with Crippen molar-refractivity contribution in [3.8, 4) is 17.1 Å². The van der Waals surface area contributed by atoms with Crippen LogP contribution >= 0.6 is 0 Å². The van der Waals surface area contributed by atoms with Crippen LogP contribution in [0.25, 0.3) is 11.4 Å². The molecule has 6 heteroatoms. The van der Waals surface area contributed by atoms with Gasteiger partial charge in [-0.1, -0.05) is 12.1 Å². The Morgan fingerprint density at radius 1 is 1.11 bits per heavy atom. The molecule has 2 aromatic carbocycles. The first-order chi connectivity index (χ1) is 13.0. The summed E-state index contributed by atoms with van der Waals surface area (Å²) < 4.78 is 18.2. The van der Waals surface area contributed by atoms with Gasteiger partial charge < -0.3 is 10.1 Å². The van der Waals surface area contributed by atoms with Crippen molar-refractivity contribution < 1.29 is 13.9 Å². The van der Waals surface area contributed by atoms with Crippen LogP contribution in [0.5, 0.6) is 5.75 Å². The van der Waals surface area contributed by atoms with Gasteiger partial charge in [0.15, 0.2) is 5.82 Å². The van der Waals surface area contributed by atoms with Crippen LogP contribution in [0.15, 0.2) is 54.7 Å². The Morgan fingerprint density at radius 3 is 2.37 bits per heavy atom. The molecule has 0 aliphatic heterocycles. The topological polar surface area (TPSA) is 64.1 Å². The highest BCUT2D eigenvalue weighted by atomic mass is 19.1. The first kappa shape index (κ1) is 18.5. The van der Waals surface area contributed by atoms with Crippen molar-refractivity contribution in [3.05, 3.63) is 77.4 Å². The summed E-state index contributed by atoms with van der Waals surface area (Å²) in [6.45, 7) is 3.61. The molecule has 27 heavy (non-hydrogen) atoms. The Morgan fingerprint density at radius 2 is 1.78 bits per heavy atom. The first-order valence-electron chi connectivity index (χ1n) is 8.52. The number of carbonyl (C=O) groups excluding carboxylic acids is 1. The molecule has 0 fully saturated rings. The van der Waals surface area contributed by atoms with Crippen molar-refractivity contribution in [1.82, 2.24) is 15.3 Å². The van der Waals surface area contributed by atoms with E-state index in [0.717, 1.165) is 16.9 Å². The second-order valence-corrected chi connectivity index (χ2v) is 6.17. The fourth-order valence-corrected chi connectivity index (χ4v) is 2.68. The van der Waals surface area contributed by atoms with E-state index < -0.39 is 0 Å². The van der Waals surface area contributed by atoms with E-state index in [2.05, 4.69) is 15.3 Å². The summed E-state index contributed by atoms with van der Waals surface area (Å²) in [6.07, 6.45) is 1.52. The Kier molecular flexibility index (Phi) is 5.45. The first-order valence-corrected chi connectivity index (χ1v) is 8.52. The molecule has 5 nitrogen and oxygen atoms in total. The number of halogens is 1. The Labute approximate surface area is 157 Å². The Balaban J connectivity index is 1.76. The fourth-order valence-electron chi connectivity index (χ4n) is 2.68. The van der Waals surface area contributed by atoms with Gasteiger partial charge in [0.1, 0.15) is 11.6 Å². The van der Waals surface area contributed by atoms with Crippen molar-refractivity contribution >= 4 is 5.91 Å². The summed E-state index contributed by atoms with van der Waals surface area (Å²) in [5.41, 5.74) is 2.64. The average molecular weight is 365 g/mol. The lowest BCUT2D eigenvalue weighted by Gasteiger charge is -2.15. The van der Waals surface area contributed by atoms with Crippen molar-refractivity contribution in [3.63, 3.8) is 0 Å². The zero-order chi connectivity index (χ0) is 19.4. The van der Waals surface area contributed by atoms with E-state index in [4.69, 9.17) is 4.74 Å². The largest absolute Gasteiger partial charge is 0.497 e. The second-order valence-electron chi connectivity index (χ2n) is 6.17. The van der Waals surface area contributed by atoms with Crippen LogP contribution in [0.2, 0.25) is 0 Å². The van der Waals surface area contributed by atoms with Gasteiger partial charge in [-0.25, -0.2) is 14.4 Å². The van der Waals surface area contributed by atoms with Gasteiger partial charge in [0.05, 0.1) is 24.4 Å². The van der Waals surface area contributed by atoms with Gasteiger partial charge >= 0.3 is 0 Å². The molecule has 0 bridgehead atoms. The van der Waals surface area contributed by atoms with Gasteiger partial charge in [0.25, 0.3) is 5.91 Å². The van der Waals surface area contributed by atoms with Crippen LogP contribution in [0.4, 0.5) is 4.39 Å². The molecular formula is C21H20FN3O2. The summed E-state index contributed by atoms with van der Waals surface area (Å²) in [4.78, 5) is 21.3. The minimum Gasteiger partial charge on any atom is -0.497 e. The number of aromatic nitrogens is 2. The lowest BCUT2D eigenvalue weighted by atomic mass is 10.1. The Hall–Kier alpha value is -3.28. The smallest absolute Gasteiger partial charge is 0.255 e. The third kappa shape index (κ3) is 4.28. The number of ether oxygens (including phenoxy) is 1. The number of carbonyl (C=O) groups is 1. The molecule has 0 aliphatic rings. The van der Waals surface area contributed by atoms with Crippen molar-refractivity contribution in [2.45, 2.75) is 19.9 Å². The predicted molar refractivity (Wildman–Crippen MR) is 101 cm³/mol. The number of aryl methyl sites for hydroxylation is 1. The molecule has 138 valence electrons. The zero-order valence-electron chi connectivity index (χ0n) is 15.4. The number of rotatable bonds is 5. The highest BCUT2D eigenvalue weighted by Crippen LogP contribution is 2.20. The SMILES string of the molecule is COc1ccc(-c2ncc(C(=O)NC(C)c3ccc(F)cc3)c(C)n2)cc1. The maximum Gasteiger partial charge on any atom is 0.255 e. The third-order valence-corrected chi connectivity index (χ3v) is 4.29. The zero-order valence-corrected chi connectivity index (χ0v) is 15.4. The molecule has 0 radical (unpaired) electrons. The van der Waals surface area contributed by atoms with E-state index in [1.807, 2.05) is 31.2 Å². The lowest BCUT2D eigenvalue weighted by molar-refractivity contribution is 0.0938. The molecule has 1 N–H and O–H groups in total. The van der Waals surface area contributed by atoms with Gasteiger partial charge in [-0.3, -0.25) is 4.79 Å². The number of hydrogen-bond acceptors (Lipinski definition) is 4. The lowest BCUT2D eigenvalue weighted by Crippen LogP contribution is -2.27. The predicted octanol–water partition coefficient (Wildman–Crippen LogP) is 4.09. The quantitative estimate of drug-likeness (QED) is 0.740. The summed E-state index contributed by atoms with van der Waals surface area (Å²) in [5, 5.41) is 2.89. The number of nitrogens with one attached hydrogen (secondary N) is 1. The molecule has 1 aromatic heterocycles. The van der Waals surface area contributed by atoms with Crippen LogP contribution in [0.1, 0.15) is 34.6 Å². The second kappa shape index (κ2) is 7.95. The van der Waals surface area contributed by atoms with Crippen LogP contribution in [-0.2, 0) is 0 Å². The third-order valence-electron chi connectivity index (χ3n) is 4.29. The van der Waals surface area contributed by atoms with Gasteiger partial charge in [-0.2, -0.15) is 0 Å². The maximum atomic E-state index is 13.0. The molecule has 0 spiro atoms. The minimum atomic E-state index is -0.310. The summed E-state index contributed by atoms with van der Waals surface area (Å²) in [6, 6.07) is 13.2. The highest BCUT2D eigenvalue weighted by Gasteiger charge is 2.16. The molecule has 1 unspecified atom stereocenters. The van der Waals surface area contributed by atoms with E-state index in [1.165, 1.54) is 18.3 Å². The Bertz CT molecular complexity index is 941. The fraction of sp³-hybridized carbons (Fsp3) is 0.190. The van der Waals surface area contributed by atoms with Crippen molar-refractivity contribution in [1.29, 1.82) is 0 Å². The van der Waals surface area contributed by atoms with Crippen LogP contribution in [-0.4, -0.2) is 23.0 Å². The molecule has 1 atom stereocenters. The van der Waals surface area contributed by atoms with E-state index >= 15 is 0 Å². The average Bonchev–Trinajstić information content (AvgIpc) is 2.68. The number of hydrogen-bond donors (Lipinski definition) is 1. The van der Waals surface area contributed by atoms with Gasteiger partial charge in [-0.05, 0) is 55.8 Å². The molecule has 3 rings (SSSR count). The monoisotopic (exact) mass is 365 g/mol. The van der Waals surface area contributed by atoms with E-state index in [-0.39, 0.29) is 17.8 Å². The molecule has 0 saturated heterocycles. The van der Waals surface area contributed by atoms with Crippen LogP contribution in [0.3, 0.4) is 0 Å². The van der Waals surface area contributed by atoms with Crippen LogP contribution in [0, 0.1) is 12.7 Å². The number of nitrogens with zero attached hydrogens (tertiary/aromatic N) is 2. The highest BCUT2D eigenvalue weighted by molar-refractivity contribution is 5.95. The molecular weight excluding hydrogens is 345 g/mol. The summed E-state index contributed by atoms with van der Waals surface area (Å²) in [5.74, 6) is 0.709. The summed E-state index contributed by atoms with van der Waals surface area (Å²) in [7, 11) is 1.61. The minimum absolute atomic E-state index is 0.265. The standard InChI is InChI=1S/C21H20FN3O2/c1-13(15-4-8-17(22)9-5-15)25-21(26)19-12-23-20(24-14(19)2)16-6-10-18(27-3)11-7-16/h4-13H,1-3H3,(H,25,26). The number of benzene rings is 2. The van der Waals surface area contributed by atoms with Gasteiger partial charge in [0, 0.05) is 11.8 Å². The van der Waals surface area contributed by atoms with Gasteiger partial charge in [-0.15, -0.1) is 0 Å². The molecule has 1 amide bonds. The van der Waals surface area contributed by atoms with Crippen molar-refractivity contribution in [2.24, 2.45) is 0 Å². The van der Waals surface area contributed by atoms with E-state index in [1.54, 1.807) is 26.2 Å². The van der Waals surface area contributed by atoms with E-state index in [9.17, 15) is 9.18 Å². The van der Waals surface area contributed by atoms with Crippen LogP contribution < -0.4 is 10.1 Å². The summed E-state index contributed by atoms with van der Waals surface area (Å²) >= 11 is 0. The number of amides is 1. The number of methoxy groups -OCH3 is 1. The molecule has 0 saturated carbocycles. The van der Waals surface area contributed by atoms with Gasteiger partial charge in [0.2, 0.25) is 0 Å². The molecule has 3 aromatic rings. The normalized spacial score (nSPS) is 11.7.